The molecule has 0 aliphatic carbocycles. The van der Waals surface area contributed by atoms with E-state index < -0.39 is 14.8 Å². The van der Waals surface area contributed by atoms with Crippen LogP contribution in [0.3, 0.4) is 0 Å². The number of hydrogen-bond acceptors (Lipinski definition) is 4. The summed E-state index contributed by atoms with van der Waals surface area (Å²) in [6.45, 7) is 0. The van der Waals surface area contributed by atoms with E-state index in [1.807, 2.05) is 0 Å². The van der Waals surface area contributed by atoms with Crippen LogP contribution in [0.1, 0.15) is 0 Å². The number of rotatable bonds is 0. The third-order valence-corrected chi connectivity index (χ3v) is 0. The summed E-state index contributed by atoms with van der Waals surface area (Å²) < 4.78 is 24.3. The lowest BCUT2D eigenvalue weighted by Crippen LogP contribution is -2.30. The summed E-state index contributed by atoms with van der Waals surface area (Å²) in [5, 5.41) is 0. The number of halogens is 1. The highest BCUT2D eigenvalue weighted by Crippen LogP contribution is 1.38. The van der Waals surface area contributed by atoms with Crippen LogP contribution < -0.4 is 14.5 Å². The summed E-state index contributed by atoms with van der Waals surface area (Å²) in [6, 6.07) is 0. The van der Waals surface area contributed by atoms with Crippen molar-refractivity contribution in [2.75, 3.05) is 0 Å². The molecule has 0 aromatic heterocycles. The van der Waals surface area contributed by atoms with E-state index in [0.717, 1.165) is 0 Å². The summed E-state index contributed by atoms with van der Waals surface area (Å²) in [5.41, 5.74) is 0. The Morgan fingerprint density at radius 3 is 1.40 bits per heavy atom. The lowest BCUT2D eigenvalue weighted by Gasteiger charge is -1.69. The predicted octanol–water partition coefficient (Wildman–Crippen LogP) is -2.77. The Morgan fingerprint density at radius 1 is 1.40 bits per heavy atom. The third-order valence-electron chi connectivity index (χ3n) is 0. The second kappa shape index (κ2) is 4.32. The fourth-order valence-corrected chi connectivity index (χ4v) is 0. The van der Waals surface area contributed by atoms with E-state index in [9.17, 15) is 0 Å². The minimum absolute atomic E-state index is 0. The van der Waals surface area contributed by atoms with Crippen molar-refractivity contribution < 1.29 is 27.4 Å². The van der Waals surface area contributed by atoms with Crippen LogP contribution in [-0.2, 0) is 0 Å². The van der Waals surface area contributed by atoms with Crippen LogP contribution in [0.5, 0.6) is 0 Å². The Hall–Kier alpha value is 0.320. The zero-order valence-electron chi connectivity index (χ0n) is 2.35. The summed E-state index contributed by atoms with van der Waals surface area (Å²) in [5.74, 6) is 0. The van der Waals surface area contributed by atoms with Gasteiger partial charge in [-0.05, 0) is 4.20 Å². The van der Waals surface area contributed by atoms with E-state index in [2.05, 4.69) is 0 Å². The van der Waals surface area contributed by atoms with Gasteiger partial charge in [0.25, 0.3) is 0 Å². The molecule has 5 heavy (non-hydrogen) atoms. The number of hydrogen-bond donors (Lipinski definition) is 2. The van der Waals surface area contributed by atoms with Crippen molar-refractivity contribution in [1.29, 1.82) is 0 Å². The Kier molecular flexibility index (Phi) is 7.78. The maximum absolute atomic E-state index is 8.63. The maximum atomic E-state index is 8.63. The van der Waals surface area contributed by atoms with Gasteiger partial charge in [0, 0.05) is 0 Å². The van der Waals surface area contributed by atoms with Crippen molar-refractivity contribution in [2.24, 2.45) is 0 Å². The van der Waals surface area contributed by atoms with Crippen LogP contribution in [0.15, 0.2) is 0 Å². The van der Waals surface area contributed by atoms with Crippen LogP contribution in [0.4, 0.5) is 0 Å². The molecule has 0 heterocycles. The first kappa shape index (κ1) is 9.01. The molecule has 0 bridgehead atoms. The first-order valence-electron chi connectivity index (χ1n) is 0.478. The van der Waals surface area contributed by atoms with Gasteiger partial charge in [-0.2, -0.15) is 0 Å². The SMILES string of the molecule is N.[O-][Br+2]([O-])O. The minimum atomic E-state index is -3.40. The van der Waals surface area contributed by atoms with E-state index in [-0.39, 0.29) is 6.15 Å². The molecule has 34 valence electrons. The highest BCUT2D eigenvalue weighted by molar-refractivity contribution is 2.13. The highest BCUT2D eigenvalue weighted by Gasteiger charge is 1.86. The second-order valence-electron chi connectivity index (χ2n) is 0.201. The zero-order chi connectivity index (χ0) is 3.58. The molecule has 0 radical (unpaired) electrons. The van der Waals surface area contributed by atoms with Crippen molar-refractivity contribution in [1.82, 2.24) is 6.15 Å². The van der Waals surface area contributed by atoms with Crippen molar-refractivity contribution in [3.63, 3.8) is 0 Å². The van der Waals surface area contributed by atoms with E-state index in [1.165, 1.54) is 0 Å². The zero-order valence-corrected chi connectivity index (χ0v) is 3.93. The molecule has 4 nitrogen and oxygen atoms in total. The molecule has 0 spiro atoms. The molecule has 0 saturated carbocycles. The average Bonchev–Trinajstić information content (AvgIpc) is 0.811. The normalized spacial score (nSPS) is 7.20. The standard InChI is InChI=1S/BrHO3.H3N/c2-1(3)4;/h2H;1H3. The van der Waals surface area contributed by atoms with Gasteiger partial charge in [-0.15, -0.1) is 0 Å². The van der Waals surface area contributed by atoms with Gasteiger partial charge >= 0.3 is 14.8 Å². The first-order valence-corrected chi connectivity index (χ1v) is 2.48. The van der Waals surface area contributed by atoms with Gasteiger partial charge in [0.1, 0.15) is 0 Å². The topological polar surface area (TPSA) is 101 Å². The van der Waals surface area contributed by atoms with Gasteiger partial charge in [0.15, 0.2) is 0 Å². The maximum Gasteiger partial charge on any atom is 0.433 e. The molecule has 0 aromatic carbocycles. The van der Waals surface area contributed by atoms with E-state index in [1.54, 1.807) is 0 Å². The average molecular weight is 146 g/mol. The van der Waals surface area contributed by atoms with Gasteiger partial charge < -0.3 is 14.5 Å². The largest absolute Gasteiger partial charge is 0.433 e. The molecule has 0 fully saturated rings. The Morgan fingerprint density at radius 2 is 1.40 bits per heavy atom. The van der Waals surface area contributed by atoms with Crippen LogP contribution in [0.25, 0.3) is 0 Å². The van der Waals surface area contributed by atoms with Crippen molar-refractivity contribution in [3.8, 4) is 0 Å². The molecule has 0 atom stereocenters. The first-order chi connectivity index (χ1) is 1.73. The summed E-state index contributed by atoms with van der Waals surface area (Å²) in [6.07, 6.45) is 0. The molecule has 4 N–H and O–H groups in total. The molecule has 0 aliphatic heterocycles. The highest BCUT2D eigenvalue weighted by atomic mass is 80.0. The third kappa shape index (κ3) is 227. The Balaban J connectivity index is 0. The fraction of sp³-hybridized carbons (Fsp3) is 0. The molecule has 0 unspecified atom stereocenters. The monoisotopic (exact) mass is 145 g/mol. The summed E-state index contributed by atoms with van der Waals surface area (Å²) >= 11 is -3.40. The summed E-state index contributed by atoms with van der Waals surface area (Å²) in [7, 11) is 0. The van der Waals surface area contributed by atoms with E-state index in [0.29, 0.717) is 0 Å². The van der Waals surface area contributed by atoms with Gasteiger partial charge in [-0.25, -0.2) is 0 Å². The molecule has 0 aliphatic rings. The van der Waals surface area contributed by atoms with Crippen molar-refractivity contribution >= 4 is 0 Å². The van der Waals surface area contributed by atoms with E-state index >= 15 is 0 Å². The van der Waals surface area contributed by atoms with Crippen LogP contribution in [-0.4, -0.2) is 4.20 Å². The Labute approximate surface area is 34.5 Å². The van der Waals surface area contributed by atoms with Crippen molar-refractivity contribution in [2.45, 2.75) is 0 Å². The molecule has 0 rings (SSSR count). The summed E-state index contributed by atoms with van der Waals surface area (Å²) in [4.78, 5) is 0. The van der Waals surface area contributed by atoms with Crippen LogP contribution >= 0.6 is 0 Å². The van der Waals surface area contributed by atoms with Crippen molar-refractivity contribution in [3.05, 3.63) is 0 Å². The van der Waals surface area contributed by atoms with Gasteiger partial charge in [0.05, 0.1) is 0 Å². The Bertz CT molecular complexity index is 11.6. The van der Waals surface area contributed by atoms with Gasteiger partial charge in [-0.1, -0.05) is 0 Å². The molecular weight excluding hydrogens is 142 g/mol. The van der Waals surface area contributed by atoms with Gasteiger partial charge in [0.2, 0.25) is 0 Å². The van der Waals surface area contributed by atoms with Crippen LogP contribution in [0.2, 0.25) is 0 Å². The van der Waals surface area contributed by atoms with Crippen LogP contribution in [0, 0.1) is 14.8 Å². The molecule has 0 amide bonds. The predicted molar refractivity (Wildman–Crippen MR) is 7.24 cm³/mol. The molecule has 0 saturated heterocycles. The second-order valence-corrected chi connectivity index (χ2v) is 1.04. The minimum Gasteiger partial charge on any atom is -0.372 e. The molecular formula is H4BrNO3. The quantitative estimate of drug-likeness (QED) is 0.386. The fourth-order valence-electron chi connectivity index (χ4n) is 0. The smallest absolute Gasteiger partial charge is 0.372 e. The van der Waals surface area contributed by atoms with Gasteiger partial charge in [-0.3, -0.25) is 0 Å². The lowest BCUT2D eigenvalue weighted by molar-refractivity contribution is -1.63. The van der Waals surface area contributed by atoms with E-state index in [4.69, 9.17) is 12.6 Å². The lowest BCUT2D eigenvalue weighted by atomic mass is 14.0. The molecule has 5 heteroatoms. The molecule has 0 aromatic rings.